The van der Waals surface area contributed by atoms with Crippen molar-refractivity contribution in [3.8, 4) is 28.7 Å². The molecule has 0 aliphatic carbocycles. The second-order valence-electron chi connectivity index (χ2n) is 19.2. The summed E-state index contributed by atoms with van der Waals surface area (Å²) in [6.45, 7) is 9.44. The highest BCUT2D eigenvalue weighted by Crippen LogP contribution is 2.56. The van der Waals surface area contributed by atoms with Gasteiger partial charge in [0.15, 0.2) is 11.5 Å². The Morgan fingerprint density at radius 2 is 1.37 bits per heavy atom. The highest BCUT2D eigenvalue weighted by Gasteiger charge is 2.60. The van der Waals surface area contributed by atoms with Crippen molar-refractivity contribution in [3.63, 3.8) is 0 Å². The number of hydrogen-bond acceptors (Lipinski definition) is 14. The van der Waals surface area contributed by atoms with E-state index in [0.29, 0.717) is 56.4 Å². The average molecular weight is 1020 g/mol. The van der Waals surface area contributed by atoms with Gasteiger partial charge in [-0.15, -0.1) is 0 Å². The van der Waals surface area contributed by atoms with E-state index in [4.69, 9.17) is 67.2 Å². The molecule has 2 fully saturated rings. The average Bonchev–Trinajstić information content (AvgIpc) is 3.66. The third-order valence-electron chi connectivity index (χ3n) is 13.1. The summed E-state index contributed by atoms with van der Waals surface area (Å²) in [6.07, 6.45) is 3.84. The third-order valence-corrected chi connectivity index (χ3v) is 13.8. The first-order valence-electron chi connectivity index (χ1n) is 22.0. The van der Waals surface area contributed by atoms with E-state index in [1.165, 1.54) is 22.1 Å². The molecule has 10 rings (SSSR count). The van der Waals surface area contributed by atoms with E-state index in [2.05, 4.69) is 48.6 Å². The molecule has 0 radical (unpaired) electrons. The van der Waals surface area contributed by atoms with E-state index in [9.17, 15) is 13.6 Å². The predicted octanol–water partition coefficient (Wildman–Crippen LogP) is 6.52. The van der Waals surface area contributed by atoms with Gasteiger partial charge >= 0.3 is 7.12 Å². The van der Waals surface area contributed by atoms with Crippen molar-refractivity contribution in [1.82, 2.24) is 9.96 Å². The lowest BCUT2D eigenvalue weighted by molar-refractivity contribution is -0.224. The van der Waals surface area contributed by atoms with E-state index >= 15 is 0 Å². The van der Waals surface area contributed by atoms with Gasteiger partial charge in [0, 0.05) is 62.7 Å². The molecule has 6 N–H and O–H groups in total. The topological polar surface area (TPSA) is 211 Å². The summed E-state index contributed by atoms with van der Waals surface area (Å²) in [6, 6.07) is 21.1. The number of hydrogen-bond donors (Lipinski definition) is 4. The molecule has 0 bridgehead atoms. The standard InChI is InChI=1S/C23H25ClFN3O3.C18H22BrN3O3.C7H5BFNO2/c1-21(2)12-22(8-9-29-21)13-23(27-20(26)28(3)31-23)16-10-14(5-7-19(16)30-22)15-4-6-18(25)17(24)11-15;1-16(2)9-17(6-7-24-16)10-18(14(23)22(3)15(20)21-18)12-8-11(19)4-5-13(12)25-17;9-7-2-1-6(8(11)12)3-5(7)4-10/h4-7,10-11H,8-9,12-13H2,1-3H3,(H2,26,27);4-5,8H,6-7,9-10H2,1-3H3,(H2,20,21);1-3,11-12H. The molecular weight excluding hydrogens is 967 g/mol. The minimum Gasteiger partial charge on any atom is -0.487 e. The maximum atomic E-state index is 13.7. The molecule has 358 valence electrons. The Balaban J connectivity index is 0.000000151. The molecule has 0 saturated carbocycles. The van der Waals surface area contributed by atoms with Gasteiger partial charge in [-0.1, -0.05) is 45.7 Å². The summed E-state index contributed by atoms with van der Waals surface area (Å²) in [5, 5.41) is 27.3. The Hall–Kier alpha value is -5.33. The van der Waals surface area contributed by atoms with Crippen LogP contribution in [-0.2, 0) is 30.4 Å². The van der Waals surface area contributed by atoms with Gasteiger partial charge in [-0.05, 0) is 98.9 Å². The van der Waals surface area contributed by atoms with Crippen molar-refractivity contribution >= 4 is 57.9 Å². The molecule has 1 amide bonds. The van der Waals surface area contributed by atoms with E-state index in [1.807, 2.05) is 36.4 Å². The van der Waals surface area contributed by atoms with Crippen molar-refractivity contribution < 1.29 is 47.4 Å². The number of amides is 1. The molecule has 20 heteroatoms. The largest absolute Gasteiger partial charge is 0.488 e. The zero-order valence-electron chi connectivity index (χ0n) is 38.4. The van der Waals surface area contributed by atoms with Crippen LogP contribution in [0.1, 0.15) is 82.9 Å². The van der Waals surface area contributed by atoms with Crippen LogP contribution in [0.5, 0.6) is 11.5 Å². The Kier molecular flexibility index (Phi) is 12.9. The number of carbonyl (C=O) groups is 1. The molecule has 2 saturated heterocycles. The van der Waals surface area contributed by atoms with E-state index in [0.717, 1.165) is 51.7 Å². The van der Waals surface area contributed by atoms with Crippen LogP contribution in [-0.4, -0.2) is 94.7 Å². The summed E-state index contributed by atoms with van der Waals surface area (Å²) in [7, 11) is 1.74. The lowest BCUT2D eigenvalue weighted by Crippen LogP contribution is -2.57. The molecule has 6 aliphatic rings. The number of likely N-dealkylation sites (N-methyl/N-ethyl adjacent to an activating group) is 1. The van der Waals surface area contributed by atoms with Crippen LogP contribution >= 0.6 is 27.5 Å². The zero-order valence-corrected chi connectivity index (χ0v) is 40.8. The van der Waals surface area contributed by atoms with Crippen LogP contribution in [0, 0.1) is 23.0 Å². The number of benzene rings is 4. The minimum absolute atomic E-state index is 0.0729. The van der Waals surface area contributed by atoms with Crippen LogP contribution in [0.15, 0.2) is 87.3 Å². The molecule has 6 aliphatic heterocycles. The van der Waals surface area contributed by atoms with Gasteiger partial charge in [0.2, 0.25) is 11.7 Å². The highest BCUT2D eigenvalue weighted by molar-refractivity contribution is 9.10. The van der Waals surface area contributed by atoms with Gasteiger partial charge in [0.1, 0.15) is 40.4 Å². The first kappa shape index (κ1) is 49.1. The molecule has 4 atom stereocenters. The predicted molar refractivity (Wildman–Crippen MR) is 255 cm³/mol. The van der Waals surface area contributed by atoms with Crippen LogP contribution in [0.3, 0.4) is 0 Å². The second-order valence-corrected chi connectivity index (χ2v) is 20.6. The van der Waals surface area contributed by atoms with Gasteiger partial charge in [-0.3, -0.25) is 9.69 Å². The zero-order chi connectivity index (χ0) is 49.2. The van der Waals surface area contributed by atoms with Gasteiger partial charge < -0.3 is 40.5 Å². The maximum Gasteiger partial charge on any atom is 0.488 e. The fourth-order valence-electron chi connectivity index (χ4n) is 10.2. The molecular formula is C48H52BBrClF2N7O8. The lowest BCUT2D eigenvalue weighted by atomic mass is 9.70. The number of nitrogens with zero attached hydrogens (tertiary/aromatic N) is 5. The van der Waals surface area contributed by atoms with Crippen LogP contribution in [0.25, 0.3) is 11.1 Å². The number of ether oxygens (including phenoxy) is 4. The number of rotatable bonds is 2. The maximum absolute atomic E-state index is 13.7. The Morgan fingerprint density at radius 3 is 1.93 bits per heavy atom. The van der Waals surface area contributed by atoms with Gasteiger partial charge in [-0.25, -0.2) is 28.7 Å². The monoisotopic (exact) mass is 1020 g/mol. The number of fused-ring (bicyclic) bond motifs is 4. The quantitative estimate of drug-likeness (QED) is 0.158. The smallest absolute Gasteiger partial charge is 0.487 e. The van der Waals surface area contributed by atoms with Crippen molar-refractivity contribution in [2.24, 2.45) is 21.5 Å². The van der Waals surface area contributed by atoms with Crippen LogP contribution in [0.4, 0.5) is 8.78 Å². The number of halogens is 4. The number of hydroxylamine groups is 2. The number of aliphatic imine (C=N–C) groups is 2. The molecule has 6 heterocycles. The lowest BCUT2D eigenvalue weighted by Gasteiger charge is -2.50. The number of nitrogens with two attached hydrogens (primary N) is 2. The van der Waals surface area contributed by atoms with Gasteiger partial charge in [-0.2, -0.15) is 5.26 Å². The third kappa shape index (κ3) is 9.39. The minimum atomic E-state index is -1.67. The molecule has 0 aromatic heterocycles. The molecule has 15 nitrogen and oxygen atoms in total. The fourth-order valence-corrected chi connectivity index (χ4v) is 10.7. The number of carbonyl (C=O) groups excluding carboxylic acids is 1. The van der Waals surface area contributed by atoms with E-state index in [-0.39, 0.29) is 39.1 Å². The number of guanidine groups is 2. The number of nitriles is 1. The Labute approximate surface area is 406 Å². The fraction of sp³-hybridized carbons (Fsp3) is 0.417. The highest BCUT2D eigenvalue weighted by atomic mass is 79.9. The second kappa shape index (κ2) is 17.9. The summed E-state index contributed by atoms with van der Waals surface area (Å²) < 4.78 is 52.1. The summed E-state index contributed by atoms with van der Waals surface area (Å²) in [5.41, 5.74) is 11.6. The van der Waals surface area contributed by atoms with Crippen molar-refractivity contribution in [2.45, 2.75) is 99.9 Å². The summed E-state index contributed by atoms with van der Waals surface area (Å²) in [5.74, 6) is 0.743. The molecule has 4 spiro atoms. The van der Waals surface area contributed by atoms with Gasteiger partial charge in [0.05, 0.1) is 40.6 Å². The Bertz CT molecular complexity index is 2780. The van der Waals surface area contributed by atoms with Gasteiger partial charge in [0.25, 0.3) is 5.91 Å². The van der Waals surface area contributed by atoms with E-state index < -0.39 is 41.2 Å². The van der Waals surface area contributed by atoms with Crippen LogP contribution < -0.4 is 26.4 Å². The van der Waals surface area contributed by atoms with Crippen molar-refractivity contribution in [3.05, 3.63) is 111 Å². The summed E-state index contributed by atoms with van der Waals surface area (Å²) >= 11 is 9.51. The van der Waals surface area contributed by atoms with Crippen molar-refractivity contribution in [2.75, 3.05) is 27.3 Å². The molecule has 4 aromatic carbocycles. The normalized spacial score (nSPS) is 27.1. The van der Waals surface area contributed by atoms with Crippen molar-refractivity contribution in [1.29, 1.82) is 5.26 Å². The molecule has 68 heavy (non-hydrogen) atoms. The van der Waals surface area contributed by atoms with Crippen LogP contribution in [0.2, 0.25) is 5.02 Å². The first-order chi connectivity index (χ1) is 31.9. The van der Waals surface area contributed by atoms with E-state index in [1.54, 1.807) is 32.3 Å². The Morgan fingerprint density at radius 1 is 0.779 bits per heavy atom. The molecule has 4 unspecified atom stereocenters. The molecule has 4 aromatic rings. The SMILES string of the molecule is CN1C(=O)C2(CC3(CCOC(C)(C)C3)Oc3ccc(Br)cc32)N=C1N.CN1OC2(CC3(CCOC(C)(C)C3)Oc3ccc(-c4ccc(F)c(Cl)c4)cc32)N=C1N.N#Cc1cc(B(O)O)ccc1F. The first-order valence-corrected chi connectivity index (χ1v) is 23.1. The summed E-state index contributed by atoms with van der Waals surface area (Å²) in [4.78, 5) is 30.3.